The number of carboxylic acids is 1. The quantitative estimate of drug-likeness (QED) is 0.565. The van der Waals surface area contributed by atoms with Crippen molar-refractivity contribution in [2.75, 3.05) is 0 Å². The van der Waals surface area contributed by atoms with Crippen molar-refractivity contribution in [3.05, 3.63) is 29.8 Å². The van der Waals surface area contributed by atoms with Gasteiger partial charge in [-0.1, -0.05) is 12.1 Å². The molecule has 0 bridgehead atoms. The van der Waals surface area contributed by atoms with Crippen molar-refractivity contribution in [3.8, 4) is 0 Å². The fourth-order valence-electron chi connectivity index (χ4n) is 0.654. The zero-order chi connectivity index (χ0) is 9.56. The number of aromatic carboxylic acids is 1. The largest absolute Gasteiger partial charge is 0 e. The molecule has 0 atom stereocenters. The van der Waals surface area contributed by atoms with E-state index in [-0.39, 0.29) is 35.1 Å². The first-order valence-corrected chi connectivity index (χ1v) is 9.38. The van der Waals surface area contributed by atoms with Gasteiger partial charge in [0.1, 0.15) is 0 Å². The van der Waals surface area contributed by atoms with Gasteiger partial charge in [0.25, 0.3) is 0 Å². The molecule has 0 saturated heterocycles. The van der Waals surface area contributed by atoms with Gasteiger partial charge in [-0.3, -0.25) is 0 Å². The van der Waals surface area contributed by atoms with E-state index in [1.165, 1.54) is 6.07 Å². The topological polar surface area (TPSA) is 37.3 Å². The van der Waals surface area contributed by atoms with Crippen molar-refractivity contribution in [2.45, 2.75) is 9.33 Å². The van der Waals surface area contributed by atoms with E-state index >= 15 is 0 Å². The van der Waals surface area contributed by atoms with Crippen LogP contribution >= 0.6 is 12.6 Å². The monoisotopic (exact) mass is 394 g/mol. The molecule has 0 fully saturated rings. The molecule has 2 nitrogen and oxygen atoms in total. The first-order chi connectivity index (χ1) is 5.72. The molecule has 0 amide bonds. The van der Waals surface area contributed by atoms with E-state index in [2.05, 4.69) is 17.1 Å². The first-order valence-electron chi connectivity index (χ1n) is 3.44. The number of hydrogen-bond donors (Lipinski definition) is 2. The van der Waals surface area contributed by atoms with Gasteiger partial charge in [0.05, 0.1) is 5.56 Å². The average Bonchev–Trinajstić information content (AvgIpc) is 2.08. The van der Waals surface area contributed by atoms with Gasteiger partial charge in [0.2, 0.25) is 0 Å². The second-order valence-electron chi connectivity index (χ2n) is 1.82. The average molecular weight is 393 g/mol. The predicted octanol–water partition coefficient (Wildman–Crippen LogP) is 1.87. The molecule has 0 aliphatic heterocycles. The number of hydrogen-bond acceptors (Lipinski definition) is 2. The van der Waals surface area contributed by atoms with E-state index < -0.39 is 5.97 Å². The van der Waals surface area contributed by atoms with Crippen LogP contribution in [0.1, 0.15) is 10.4 Å². The summed E-state index contributed by atoms with van der Waals surface area (Å²) in [7, 11) is 0. The zero-order valence-corrected chi connectivity index (χ0v) is 16.2. The molecule has 1 radical (unpaired) electrons. The molecule has 0 aliphatic rings. The summed E-state index contributed by atoms with van der Waals surface area (Å²) >= 11 is 4.98. The number of carbonyl (C=O) groups is 1. The molecule has 0 unspecified atom stereocenters. The first kappa shape index (κ1) is 16.4. The Bertz CT molecular complexity index is 268. The number of carboxylic acid groups (broad SMARTS) is 1. The predicted molar refractivity (Wildman–Crippen MR) is 52.3 cm³/mol. The van der Waals surface area contributed by atoms with Crippen LogP contribution < -0.4 is 0 Å². The molecule has 1 N–H and O–H groups in total. The Balaban J connectivity index is 0. The van der Waals surface area contributed by atoms with E-state index in [0.29, 0.717) is 4.90 Å². The Morgan fingerprint density at radius 3 is 2.15 bits per heavy atom. The summed E-state index contributed by atoms with van der Waals surface area (Å²) in [5.41, 5.74) is 0.242. The molecular weight excluding hydrogens is 384 g/mol. The maximum absolute atomic E-state index is 10.4. The SMILES string of the molecule is O=C(O)c1ccccc1S.[CH3][Hg].[Na]. The van der Waals surface area contributed by atoms with Gasteiger partial charge >= 0.3 is 36.5 Å². The van der Waals surface area contributed by atoms with E-state index in [4.69, 9.17) is 5.11 Å². The van der Waals surface area contributed by atoms with Crippen molar-refractivity contribution in [2.24, 2.45) is 0 Å². The van der Waals surface area contributed by atoms with Crippen LogP contribution in [0.4, 0.5) is 0 Å². The van der Waals surface area contributed by atoms with Crippen molar-refractivity contribution in [3.63, 3.8) is 0 Å². The number of thiol groups is 1. The smallest absolute Gasteiger partial charge is 0 e. The van der Waals surface area contributed by atoms with Crippen LogP contribution in [0.25, 0.3) is 0 Å². The zero-order valence-electron chi connectivity index (χ0n) is 7.82. The fraction of sp³-hybridized carbons (Fsp3) is 0.125. The van der Waals surface area contributed by atoms with Gasteiger partial charge < -0.3 is 5.11 Å². The molecule has 62 valence electrons. The Kier molecular flexibility index (Phi) is 12.0. The van der Waals surface area contributed by atoms with Crippen LogP contribution in [0.2, 0.25) is 4.43 Å². The Labute approximate surface area is 122 Å². The van der Waals surface area contributed by atoms with E-state index in [1.807, 2.05) is 0 Å². The van der Waals surface area contributed by atoms with E-state index in [0.717, 1.165) is 26.1 Å². The summed E-state index contributed by atoms with van der Waals surface area (Å²) in [5, 5.41) is 8.52. The van der Waals surface area contributed by atoms with Crippen LogP contribution in [0.3, 0.4) is 0 Å². The van der Waals surface area contributed by atoms with Crippen molar-refractivity contribution < 1.29 is 36.0 Å². The molecule has 0 saturated carbocycles. The second-order valence-corrected chi connectivity index (χ2v) is 2.30. The van der Waals surface area contributed by atoms with E-state index in [9.17, 15) is 4.79 Å². The van der Waals surface area contributed by atoms with Gasteiger partial charge in [-0.15, -0.1) is 12.6 Å². The summed E-state index contributed by atoms with van der Waals surface area (Å²) in [6, 6.07) is 6.58. The third-order valence-corrected chi connectivity index (χ3v) is 1.52. The molecule has 5 heteroatoms. The summed E-state index contributed by atoms with van der Waals surface area (Å²) < 4.78 is 2.19. The Hall–Kier alpha value is 0.975. The van der Waals surface area contributed by atoms with Crippen LogP contribution in [0, 0.1) is 0 Å². The van der Waals surface area contributed by atoms with Crippen LogP contribution in [-0.2, 0) is 26.1 Å². The summed E-state index contributed by atoms with van der Waals surface area (Å²) in [6.45, 7) is 0. The summed E-state index contributed by atoms with van der Waals surface area (Å²) in [5.74, 6) is -0.939. The Morgan fingerprint density at radius 2 is 1.85 bits per heavy atom. The van der Waals surface area contributed by atoms with E-state index in [1.54, 1.807) is 18.2 Å². The maximum Gasteiger partial charge on any atom is 0 e. The molecule has 0 heterocycles. The fourth-order valence-corrected chi connectivity index (χ4v) is 0.911. The van der Waals surface area contributed by atoms with Gasteiger partial charge in [0.15, 0.2) is 0 Å². The van der Waals surface area contributed by atoms with Gasteiger partial charge in [-0.25, -0.2) is 4.79 Å². The molecule has 13 heavy (non-hydrogen) atoms. The van der Waals surface area contributed by atoms with Crippen LogP contribution in [0.15, 0.2) is 29.2 Å². The minimum absolute atomic E-state index is 0. The van der Waals surface area contributed by atoms with Gasteiger partial charge in [-0.2, -0.15) is 0 Å². The van der Waals surface area contributed by atoms with Crippen LogP contribution in [0.5, 0.6) is 0 Å². The molecule has 1 aromatic carbocycles. The van der Waals surface area contributed by atoms with Gasteiger partial charge in [0, 0.05) is 34.5 Å². The van der Waals surface area contributed by atoms with Crippen molar-refractivity contribution >= 4 is 48.2 Å². The second kappa shape index (κ2) is 9.53. The van der Waals surface area contributed by atoms with Gasteiger partial charge in [-0.05, 0) is 12.1 Å². The molecular formula is C8H9HgNaO2S. The van der Waals surface area contributed by atoms with Crippen molar-refractivity contribution in [1.82, 2.24) is 0 Å². The normalized spacial score (nSPS) is 7.69. The molecule has 0 aromatic heterocycles. The maximum atomic E-state index is 10.4. The minimum atomic E-state index is -0.939. The van der Waals surface area contributed by atoms with Crippen molar-refractivity contribution in [1.29, 1.82) is 0 Å². The molecule has 1 aromatic rings. The van der Waals surface area contributed by atoms with Crippen LogP contribution in [-0.4, -0.2) is 40.6 Å². The molecule has 1 rings (SSSR count). The third-order valence-electron chi connectivity index (χ3n) is 1.13. The number of rotatable bonds is 1. The standard InChI is InChI=1S/C7H6O2S.CH3.Hg.Na/c8-7(9)5-3-1-2-4-6(5)10;;;/h1-4,10H,(H,8,9);1H3;;. The third kappa shape index (κ3) is 6.12. The summed E-state index contributed by atoms with van der Waals surface area (Å²) in [6.07, 6.45) is 0. The molecule has 0 aliphatic carbocycles. The molecule has 0 spiro atoms. The minimum Gasteiger partial charge on any atom is 0 e. The summed E-state index contributed by atoms with van der Waals surface area (Å²) in [4.78, 5) is 10.9. The Morgan fingerprint density at radius 1 is 1.38 bits per heavy atom. The number of benzene rings is 1.